The van der Waals surface area contributed by atoms with Crippen molar-refractivity contribution < 1.29 is 13.2 Å². The molecule has 1 aromatic carbocycles. The zero-order valence-electron chi connectivity index (χ0n) is 8.72. The van der Waals surface area contributed by atoms with Crippen LogP contribution in [0.25, 0.3) is 0 Å². The van der Waals surface area contributed by atoms with Gasteiger partial charge < -0.3 is 0 Å². The number of hydrogen-bond donors (Lipinski definition) is 0. The molecule has 0 aliphatic heterocycles. The van der Waals surface area contributed by atoms with Crippen molar-refractivity contribution in [1.29, 1.82) is 0 Å². The third-order valence-electron chi connectivity index (χ3n) is 2.15. The second-order valence-electron chi connectivity index (χ2n) is 3.33. The van der Waals surface area contributed by atoms with Gasteiger partial charge in [-0.15, -0.1) is 13.2 Å². The first-order valence-corrected chi connectivity index (χ1v) is 4.92. The average Bonchev–Trinajstić information content (AvgIpc) is 2.30. The first-order chi connectivity index (χ1) is 8.09. The van der Waals surface area contributed by atoms with Gasteiger partial charge in [-0.25, -0.2) is 9.88 Å². The van der Waals surface area contributed by atoms with Crippen molar-refractivity contribution in [3.8, 4) is 0 Å². The van der Waals surface area contributed by atoms with Gasteiger partial charge in [-0.3, -0.25) is 0 Å². The Hall–Kier alpha value is -2.04. The van der Waals surface area contributed by atoms with Crippen LogP contribution in [0, 0.1) is 0 Å². The fourth-order valence-electron chi connectivity index (χ4n) is 1.47. The molecule has 0 fully saturated rings. The van der Waals surface area contributed by atoms with E-state index in [0.717, 1.165) is 0 Å². The Balaban J connectivity index is 2.48. The van der Waals surface area contributed by atoms with Gasteiger partial charge in [0.15, 0.2) is 0 Å². The molecule has 1 heterocycles. The second-order valence-corrected chi connectivity index (χ2v) is 3.33. The van der Waals surface area contributed by atoms with E-state index in [-0.39, 0.29) is 16.4 Å². The zero-order valence-corrected chi connectivity index (χ0v) is 8.72. The second kappa shape index (κ2) is 4.45. The molecule has 5 heteroatoms. The lowest BCUT2D eigenvalue weighted by Crippen LogP contribution is -2.34. The summed E-state index contributed by atoms with van der Waals surface area (Å²) in [6.45, 7) is 0. The zero-order chi connectivity index (χ0) is 12.3. The van der Waals surface area contributed by atoms with Gasteiger partial charge in [0, 0.05) is 6.20 Å². The molecule has 0 unspecified atom stereocenters. The number of alkyl halides is 3. The van der Waals surface area contributed by atoms with Crippen LogP contribution < -0.4 is 4.90 Å². The minimum absolute atomic E-state index is 0.0405. The predicted molar refractivity (Wildman–Crippen MR) is 58.9 cm³/mol. The standard InChI is InChI=1S/C12H9F3N2/c13-12(14,15)17(10-6-2-1-3-7-10)11-8-4-5-9-16-11/h1-9H. The molecule has 2 aromatic rings. The molecule has 0 N–H and O–H groups in total. The molecule has 0 spiro atoms. The summed E-state index contributed by atoms with van der Waals surface area (Å²) < 4.78 is 38.9. The number of benzene rings is 1. The van der Waals surface area contributed by atoms with E-state index >= 15 is 0 Å². The first-order valence-electron chi connectivity index (χ1n) is 4.92. The van der Waals surface area contributed by atoms with Crippen molar-refractivity contribution in [1.82, 2.24) is 4.98 Å². The molecule has 88 valence electrons. The summed E-state index contributed by atoms with van der Waals surface area (Å²) in [7, 11) is 0. The quantitative estimate of drug-likeness (QED) is 0.741. The largest absolute Gasteiger partial charge is 0.490 e. The minimum Gasteiger partial charge on any atom is -0.239 e. The summed E-state index contributed by atoms with van der Waals surface area (Å²) in [6, 6.07) is 12.0. The van der Waals surface area contributed by atoms with Gasteiger partial charge in [0.25, 0.3) is 0 Å². The number of anilines is 2. The maximum atomic E-state index is 13.0. The normalized spacial score (nSPS) is 11.2. The lowest BCUT2D eigenvalue weighted by Gasteiger charge is -2.25. The van der Waals surface area contributed by atoms with E-state index in [1.807, 2.05) is 0 Å². The molecule has 0 aliphatic rings. The molecule has 17 heavy (non-hydrogen) atoms. The van der Waals surface area contributed by atoms with Crippen molar-refractivity contribution in [2.75, 3.05) is 4.90 Å². The summed E-state index contributed by atoms with van der Waals surface area (Å²) in [5.41, 5.74) is 0.0405. The molecule has 0 atom stereocenters. The summed E-state index contributed by atoms with van der Waals surface area (Å²) in [6.07, 6.45) is -3.17. The van der Waals surface area contributed by atoms with Crippen molar-refractivity contribution in [2.24, 2.45) is 0 Å². The Morgan fingerprint density at radius 1 is 0.882 bits per heavy atom. The molecule has 0 radical (unpaired) electrons. The number of aromatic nitrogens is 1. The maximum absolute atomic E-state index is 13.0. The molecule has 0 saturated heterocycles. The number of pyridine rings is 1. The van der Waals surface area contributed by atoms with Gasteiger partial charge >= 0.3 is 6.30 Å². The van der Waals surface area contributed by atoms with Gasteiger partial charge in [-0.05, 0) is 24.3 Å². The van der Waals surface area contributed by atoms with Gasteiger partial charge in [0.1, 0.15) is 5.82 Å². The Morgan fingerprint density at radius 2 is 1.53 bits per heavy atom. The number of rotatable bonds is 2. The van der Waals surface area contributed by atoms with Crippen LogP contribution >= 0.6 is 0 Å². The van der Waals surface area contributed by atoms with Crippen LogP contribution in [0.2, 0.25) is 0 Å². The molecule has 0 aliphatic carbocycles. The molecule has 2 nitrogen and oxygen atoms in total. The van der Waals surface area contributed by atoms with Crippen LogP contribution in [0.5, 0.6) is 0 Å². The molecular formula is C12H9F3N2. The third kappa shape index (κ3) is 2.55. The average molecular weight is 238 g/mol. The SMILES string of the molecule is FC(F)(F)N(c1ccccc1)c1ccccn1. The minimum atomic E-state index is -4.50. The van der Waals surface area contributed by atoms with Crippen molar-refractivity contribution in [3.63, 3.8) is 0 Å². The van der Waals surface area contributed by atoms with E-state index in [2.05, 4.69) is 4.98 Å². The number of halogens is 3. The molecular weight excluding hydrogens is 229 g/mol. The Labute approximate surface area is 96.3 Å². The van der Waals surface area contributed by atoms with E-state index in [4.69, 9.17) is 0 Å². The van der Waals surface area contributed by atoms with E-state index in [9.17, 15) is 13.2 Å². The summed E-state index contributed by atoms with van der Waals surface area (Å²) in [4.78, 5) is 3.97. The highest BCUT2D eigenvalue weighted by molar-refractivity contribution is 5.60. The van der Waals surface area contributed by atoms with Crippen molar-refractivity contribution in [2.45, 2.75) is 6.30 Å². The molecule has 2 rings (SSSR count). The van der Waals surface area contributed by atoms with Crippen LogP contribution in [0.3, 0.4) is 0 Å². The topological polar surface area (TPSA) is 16.1 Å². The van der Waals surface area contributed by atoms with E-state index in [1.54, 1.807) is 24.3 Å². The van der Waals surface area contributed by atoms with Crippen LogP contribution in [-0.2, 0) is 0 Å². The van der Waals surface area contributed by atoms with Crippen LogP contribution in [0.1, 0.15) is 0 Å². The van der Waals surface area contributed by atoms with Crippen molar-refractivity contribution in [3.05, 3.63) is 54.7 Å². The van der Waals surface area contributed by atoms with Gasteiger partial charge in [0.05, 0.1) is 5.69 Å². The molecule has 0 amide bonds. The highest BCUT2D eigenvalue weighted by Gasteiger charge is 2.39. The van der Waals surface area contributed by atoms with E-state index in [0.29, 0.717) is 0 Å². The highest BCUT2D eigenvalue weighted by Crippen LogP contribution is 2.34. The highest BCUT2D eigenvalue weighted by atomic mass is 19.4. The third-order valence-corrected chi connectivity index (χ3v) is 2.15. The number of para-hydroxylation sites is 1. The lowest BCUT2D eigenvalue weighted by atomic mass is 10.3. The van der Waals surface area contributed by atoms with Crippen LogP contribution in [-0.4, -0.2) is 11.3 Å². The Kier molecular flexibility index (Phi) is 2.99. The molecule has 0 saturated carbocycles. The summed E-state index contributed by atoms with van der Waals surface area (Å²) >= 11 is 0. The monoisotopic (exact) mass is 238 g/mol. The molecule has 1 aromatic heterocycles. The molecule has 0 bridgehead atoms. The van der Waals surface area contributed by atoms with Crippen LogP contribution in [0.15, 0.2) is 54.7 Å². The van der Waals surface area contributed by atoms with Gasteiger partial charge in [0.2, 0.25) is 0 Å². The fraction of sp³-hybridized carbons (Fsp3) is 0.0833. The lowest BCUT2D eigenvalue weighted by molar-refractivity contribution is -0.121. The van der Waals surface area contributed by atoms with E-state index < -0.39 is 6.30 Å². The summed E-state index contributed by atoms with van der Waals surface area (Å²) in [5, 5.41) is 0. The number of hydrogen-bond acceptors (Lipinski definition) is 2. The maximum Gasteiger partial charge on any atom is 0.490 e. The first kappa shape index (κ1) is 11.4. The van der Waals surface area contributed by atoms with Crippen molar-refractivity contribution >= 4 is 11.5 Å². The Morgan fingerprint density at radius 3 is 2.06 bits per heavy atom. The predicted octanol–water partition coefficient (Wildman–Crippen LogP) is 3.74. The van der Waals surface area contributed by atoms with E-state index in [1.165, 1.54) is 30.5 Å². The fourth-order valence-corrected chi connectivity index (χ4v) is 1.47. The Bertz CT molecular complexity index is 429. The van der Waals surface area contributed by atoms with Crippen LogP contribution in [0.4, 0.5) is 24.7 Å². The van der Waals surface area contributed by atoms with Gasteiger partial charge in [-0.1, -0.05) is 24.3 Å². The smallest absolute Gasteiger partial charge is 0.239 e. The van der Waals surface area contributed by atoms with Gasteiger partial charge in [-0.2, -0.15) is 0 Å². The summed E-state index contributed by atoms with van der Waals surface area (Å²) in [5.74, 6) is -0.147. The number of nitrogens with zero attached hydrogens (tertiary/aromatic N) is 2.